The molecule has 0 spiro atoms. The van der Waals surface area contributed by atoms with Gasteiger partial charge in [0.2, 0.25) is 0 Å². The molecule has 1 saturated heterocycles. The first-order chi connectivity index (χ1) is 10.8. The highest BCUT2D eigenvalue weighted by Crippen LogP contribution is 2.27. The number of likely N-dealkylation sites (tertiary alicyclic amines) is 1. The summed E-state index contributed by atoms with van der Waals surface area (Å²) in [4.78, 5) is 2.46. The second kappa shape index (κ2) is 5.73. The summed E-state index contributed by atoms with van der Waals surface area (Å²) >= 11 is 1.69. The van der Waals surface area contributed by atoms with Crippen LogP contribution < -0.4 is 0 Å². The molecule has 0 amide bonds. The van der Waals surface area contributed by atoms with Gasteiger partial charge in [0.15, 0.2) is 5.65 Å². The van der Waals surface area contributed by atoms with Crippen LogP contribution in [0.1, 0.15) is 34.6 Å². The average molecular weight is 314 g/mol. The molecule has 114 valence electrons. The highest BCUT2D eigenvalue weighted by molar-refractivity contribution is 7.11. The fourth-order valence-corrected chi connectivity index (χ4v) is 3.89. The van der Waals surface area contributed by atoms with Gasteiger partial charge >= 0.3 is 0 Å². The van der Waals surface area contributed by atoms with Crippen LogP contribution in [0.25, 0.3) is 5.65 Å². The first-order valence-electron chi connectivity index (χ1n) is 7.60. The van der Waals surface area contributed by atoms with Gasteiger partial charge < -0.3 is 0 Å². The van der Waals surface area contributed by atoms with Crippen molar-refractivity contribution in [2.75, 3.05) is 13.1 Å². The third-order valence-corrected chi connectivity index (χ3v) is 4.96. The van der Waals surface area contributed by atoms with Gasteiger partial charge in [-0.2, -0.15) is 0 Å². The third-order valence-electron chi connectivity index (χ3n) is 4.14. The second-order valence-corrected chi connectivity index (χ2v) is 7.04. The summed E-state index contributed by atoms with van der Waals surface area (Å²) in [6.45, 7) is 5.02. The number of pyridine rings is 1. The Balaban J connectivity index is 1.53. The zero-order chi connectivity index (χ0) is 14.9. The molecule has 1 fully saturated rings. The highest BCUT2D eigenvalue weighted by Gasteiger charge is 2.25. The number of hydrogen-bond acceptors (Lipinski definition) is 6. The van der Waals surface area contributed by atoms with Crippen molar-refractivity contribution in [3.8, 4) is 0 Å². The molecule has 3 aromatic heterocycles. The quantitative estimate of drug-likeness (QED) is 0.742. The van der Waals surface area contributed by atoms with E-state index in [0.717, 1.165) is 41.1 Å². The van der Waals surface area contributed by atoms with Crippen molar-refractivity contribution >= 4 is 17.0 Å². The van der Waals surface area contributed by atoms with E-state index in [2.05, 4.69) is 35.9 Å². The van der Waals surface area contributed by atoms with Crippen LogP contribution >= 0.6 is 11.3 Å². The number of aromatic nitrogens is 5. The molecule has 6 nitrogen and oxygen atoms in total. The zero-order valence-corrected chi connectivity index (χ0v) is 13.3. The topological polar surface area (TPSA) is 59.2 Å². The molecule has 0 aliphatic carbocycles. The molecule has 4 heterocycles. The Morgan fingerprint density at radius 1 is 1.23 bits per heavy atom. The van der Waals surface area contributed by atoms with Crippen LogP contribution in [0.15, 0.2) is 24.4 Å². The van der Waals surface area contributed by atoms with Crippen LogP contribution in [-0.4, -0.2) is 42.8 Å². The number of nitrogens with zero attached hydrogens (tertiary/aromatic N) is 6. The van der Waals surface area contributed by atoms with E-state index in [-0.39, 0.29) is 0 Å². The van der Waals surface area contributed by atoms with Gasteiger partial charge in [-0.15, -0.1) is 31.7 Å². The van der Waals surface area contributed by atoms with Gasteiger partial charge in [-0.3, -0.25) is 9.30 Å². The molecule has 1 aliphatic rings. The lowest BCUT2D eigenvalue weighted by atomic mass is 9.97. The summed E-state index contributed by atoms with van der Waals surface area (Å²) in [6, 6.07) is 6.03. The summed E-state index contributed by atoms with van der Waals surface area (Å²) in [5.74, 6) is 1.51. The SMILES string of the molecule is Cc1nnc(CN2CCC[C@@H](c3nnc4ccccn34)C2)s1. The standard InChI is InChI=1S/C15H18N6S/c1-11-16-18-14(22-11)10-20-7-4-5-12(9-20)15-19-17-13-6-2-3-8-21(13)15/h2-3,6,8,12H,4-5,7,9-10H2,1H3/t12-/m1/s1. The van der Waals surface area contributed by atoms with Crippen molar-refractivity contribution < 1.29 is 0 Å². The molecule has 0 aromatic carbocycles. The van der Waals surface area contributed by atoms with Crippen molar-refractivity contribution in [2.24, 2.45) is 0 Å². The third kappa shape index (κ3) is 2.62. The Hall–Kier alpha value is -1.86. The van der Waals surface area contributed by atoms with Gasteiger partial charge in [-0.1, -0.05) is 6.07 Å². The maximum atomic E-state index is 4.43. The molecule has 0 saturated carbocycles. The van der Waals surface area contributed by atoms with Crippen LogP contribution in [0.3, 0.4) is 0 Å². The summed E-state index contributed by atoms with van der Waals surface area (Å²) in [5.41, 5.74) is 0.925. The summed E-state index contributed by atoms with van der Waals surface area (Å²) in [7, 11) is 0. The minimum absolute atomic E-state index is 0.431. The van der Waals surface area contributed by atoms with Crippen LogP contribution in [0.2, 0.25) is 0 Å². The maximum absolute atomic E-state index is 4.43. The molecular weight excluding hydrogens is 296 g/mol. The maximum Gasteiger partial charge on any atom is 0.160 e. The summed E-state index contributed by atoms with van der Waals surface area (Å²) in [5, 5.41) is 19.2. The predicted octanol–water partition coefficient (Wildman–Crippen LogP) is 2.27. The summed E-state index contributed by atoms with van der Waals surface area (Å²) in [6.07, 6.45) is 4.41. The van der Waals surface area contributed by atoms with Crippen molar-refractivity contribution in [1.82, 2.24) is 29.7 Å². The Morgan fingerprint density at radius 3 is 3.05 bits per heavy atom. The molecule has 1 aliphatic heterocycles. The number of piperidine rings is 1. The molecule has 22 heavy (non-hydrogen) atoms. The minimum atomic E-state index is 0.431. The van der Waals surface area contributed by atoms with Crippen LogP contribution in [0.4, 0.5) is 0 Å². The molecule has 0 bridgehead atoms. The Morgan fingerprint density at radius 2 is 2.18 bits per heavy atom. The van der Waals surface area contributed by atoms with Gasteiger partial charge in [0.05, 0.1) is 6.54 Å². The van der Waals surface area contributed by atoms with E-state index in [0.29, 0.717) is 5.92 Å². The molecule has 0 N–H and O–H groups in total. The van der Waals surface area contributed by atoms with Crippen molar-refractivity contribution in [3.63, 3.8) is 0 Å². The monoisotopic (exact) mass is 314 g/mol. The molecule has 4 rings (SSSR count). The predicted molar refractivity (Wildman–Crippen MR) is 84.9 cm³/mol. The average Bonchev–Trinajstić information content (AvgIpc) is 3.14. The first kappa shape index (κ1) is 13.8. The van der Waals surface area contributed by atoms with Gasteiger partial charge in [-0.05, 0) is 38.4 Å². The van der Waals surface area contributed by atoms with E-state index in [1.807, 2.05) is 25.1 Å². The molecular formula is C15H18N6S. The largest absolute Gasteiger partial charge is 0.296 e. The lowest BCUT2D eigenvalue weighted by Crippen LogP contribution is -2.34. The van der Waals surface area contributed by atoms with Crippen molar-refractivity contribution in [3.05, 3.63) is 40.2 Å². The lowest BCUT2D eigenvalue weighted by molar-refractivity contribution is 0.195. The van der Waals surface area contributed by atoms with Gasteiger partial charge in [0.25, 0.3) is 0 Å². The number of aryl methyl sites for hydroxylation is 1. The number of fused-ring (bicyclic) bond motifs is 1. The number of hydrogen-bond donors (Lipinski definition) is 0. The zero-order valence-electron chi connectivity index (χ0n) is 12.5. The van der Waals surface area contributed by atoms with Crippen molar-refractivity contribution in [2.45, 2.75) is 32.2 Å². The van der Waals surface area contributed by atoms with Crippen LogP contribution in [0.5, 0.6) is 0 Å². The molecule has 7 heteroatoms. The first-order valence-corrected chi connectivity index (χ1v) is 8.42. The fraction of sp³-hybridized carbons (Fsp3) is 0.467. The molecule has 1 atom stereocenters. The van der Waals surface area contributed by atoms with Crippen LogP contribution in [0, 0.1) is 6.92 Å². The fourth-order valence-electron chi connectivity index (χ4n) is 3.14. The Labute approximate surface area is 132 Å². The smallest absolute Gasteiger partial charge is 0.160 e. The molecule has 3 aromatic rings. The van der Waals surface area contributed by atoms with Gasteiger partial charge in [0.1, 0.15) is 15.8 Å². The normalized spacial score (nSPS) is 19.8. The highest BCUT2D eigenvalue weighted by atomic mass is 32.1. The number of rotatable bonds is 3. The van der Waals surface area contributed by atoms with E-state index in [1.165, 1.54) is 12.8 Å². The van der Waals surface area contributed by atoms with E-state index in [9.17, 15) is 0 Å². The van der Waals surface area contributed by atoms with Crippen molar-refractivity contribution in [1.29, 1.82) is 0 Å². The van der Waals surface area contributed by atoms with Gasteiger partial charge in [-0.25, -0.2) is 0 Å². The Kier molecular flexibility index (Phi) is 3.59. The summed E-state index contributed by atoms with van der Waals surface area (Å²) < 4.78 is 2.11. The minimum Gasteiger partial charge on any atom is -0.296 e. The van der Waals surface area contributed by atoms with E-state index in [1.54, 1.807) is 11.3 Å². The van der Waals surface area contributed by atoms with E-state index >= 15 is 0 Å². The van der Waals surface area contributed by atoms with Crippen LogP contribution in [-0.2, 0) is 6.54 Å². The van der Waals surface area contributed by atoms with Gasteiger partial charge in [0, 0.05) is 18.7 Å². The molecule has 0 unspecified atom stereocenters. The van der Waals surface area contributed by atoms with E-state index < -0.39 is 0 Å². The molecule has 0 radical (unpaired) electrons. The van der Waals surface area contributed by atoms with E-state index in [4.69, 9.17) is 0 Å². The lowest BCUT2D eigenvalue weighted by Gasteiger charge is -2.31. The second-order valence-electron chi connectivity index (χ2n) is 5.78. The Bertz CT molecular complexity index is 779.